The Labute approximate surface area is 130 Å². The SMILES string of the molecule is c1ccc(Cn2c(C3CNCCN3)nc3ccccc32)cc1. The topological polar surface area (TPSA) is 41.9 Å². The van der Waals surface area contributed by atoms with Crippen molar-refractivity contribution in [2.45, 2.75) is 12.6 Å². The summed E-state index contributed by atoms with van der Waals surface area (Å²) in [5, 5.41) is 7.03. The predicted octanol–water partition coefficient (Wildman–Crippen LogP) is 2.32. The highest BCUT2D eigenvalue weighted by atomic mass is 15.2. The zero-order chi connectivity index (χ0) is 14.8. The molecule has 0 bridgehead atoms. The average molecular weight is 292 g/mol. The Kier molecular flexibility index (Phi) is 3.62. The van der Waals surface area contributed by atoms with Crippen LogP contribution in [0, 0.1) is 0 Å². The second-order valence-electron chi connectivity index (χ2n) is 5.74. The Morgan fingerprint density at radius 3 is 2.64 bits per heavy atom. The molecule has 1 atom stereocenters. The Balaban J connectivity index is 1.79. The number of nitrogens with zero attached hydrogens (tertiary/aromatic N) is 2. The van der Waals surface area contributed by atoms with Gasteiger partial charge in [-0.25, -0.2) is 4.98 Å². The first-order valence-corrected chi connectivity index (χ1v) is 7.85. The molecule has 0 saturated carbocycles. The lowest BCUT2D eigenvalue weighted by Gasteiger charge is -2.25. The summed E-state index contributed by atoms with van der Waals surface area (Å²) in [4.78, 5) is 4.89. The average Bonchev–Trinajstić information content (AvgIpc) is 2.95. The third-order valence-corrected chi connectivity index (χ3v) is 4.22. The van der Waals surface area contributed by atoms with Crippen molar-refractivity contribution in [3.63, 3.8) is 0 Å². The highest BCUT2D eigenvalue weighted by molar-refractivity contribution is 5.76. The van der Waals surface area contributed by atoms with E-state index in [1.165, 1.54) is 11.1 Å². The molecule has 4 nitrogen and oxygen atoms in total. The van der Waals surface area contributed by atoms with E-state index in [0.717, 1.165) is 37.5 Å². The minimum absolute atomic E-state index is 0.268. The molecule has 112 valence electrons. The van der Waals surface area contributed by atoms with E-state index < -0.39 is 0 Å². The molecule has 1 fully saturated rings. The highest BCUT2D eigenvalue weighted by Gasteiger charge is 2.21. The van der Waals surface area contributed by atoms with E-state index >= 15 is 0 Å². The third-order valence-electron chi connectivity index (χ3n) is 4.22. The molecular formula is C18H20N4. The Morgan fingerprint density at radius 1 is 1.00 bits per heavy atom. The van der Waals surface area contributed by atoms with E-state index in [9.17, 15) is 0 Å². The van der Waals surface area contributed by atoms with Gasteiger partial charge in [0.2, 0.25) is 0 Å². The van der Waals surface area contributed by atoms with Crippen LogP contribution in [0.15, 0.2) is 54.6 Å². The lowest BCUT2D eigenvalue weighted by atomic mass is 10.2. The molecule has 1 aliphatic rings. The molecule has 22 heavy (non-hydrogen) atoms. The molecule has 0 spiro atoms. The maximum atomic E-state index is 4.89. The van der Waals surface area contributed by atoms with Gasteiger partial charge in [0.15, 0.2) is 0 Å². The third kappa shape index (κ3) is 2.51. The van der Waals surface area contributed by atoms with E-state index in [2.05, 4.69) is 69.8 Å². The summed E-state index contributed by atoms with van der Waals surface area (Å²) in [5.41, 5.74) is 3.57. The van der Waals surface area contributed by atoms with E-state index in [-0.39, 0.29) is 6.04 Å². The van der Waals surface area contributed by atoms with Crippen LogP contribution in [0.1, 0.15) is 17.4 Å². The normalized spacial score (nSPS) is 18.6. The van der Waals surface area contributed by atoms with Crippen molar-refractivity contribution in [2.75, 3.05) is 19.6 Å². The fourth-order valence-electron chi connectivity index (χ4n) is 3.13. The Bertz CT molecular complexity index is 757. The van der Waals surface area contributed by atoms with Gasteiger partial charge in [-0.3, -0.25) is 0 Å². The van der Waals surface area contributed by atoms with E-state index in [4.69, 9.17) is 4.98 Å². The molecule has 1 aromatic heterocycles. The van der Waals surface area contributed by atoms with Crippen LogP contribution in [-0.2, 0) is 6.54 Å². The molecular weight excluding hydrogens is 272 g/mol. The summed E-state index contributed by atoms with van der Waals surface area (Å²) in [6.45, 7) is 3.79. The van der Waals surface area contributed by atoms with Gasteiger partial charge in [0.05, 0.1) is 17.1 Å². The smallest absolute Gasteiger partial charge is 0.128 e. The number of nitrogens with one attached hydrogen (secondary N) is 2. The van der Waals surface area contributed by atoms with E-state index in [0.29, 0.717) is 0 Å². The van der Waals surface area contributed by atoms with Gasteiger partial charge in [0, 0.05) is 26.2 Å². The molecule has 1 aliphatic heterocycles. The molecule has 0 amide bonds. The quantitative estimate of drug-likeness (QED) is 0.778. The molecule has 2 heterocycles. The second kappa shape index (κ2) is 5.91. The van der Waals surface area contributed by atoms with Gasteiger partial charge in [0.25, 0.3) is 0 Å². The molecule has 4 rings (SSSR count). The van der Waals surface area contributed by atoms with Crippen molar-refractivity contribution in [1.29, 1.82) is 0 Å². The van der Waals surface area contributed by atoms with E-state index in [1.807, 2.05) is 0 Å². The maximum Gasteiger partial charge on any atom is 0.128 e. The largest absolute Gasteiger partial charge is 0.322 e. The summed E-state index contributed by atoms with van der Waals surface area (Å²) in [5.74, 6) is 1.12. The molecule has 2 N–H and O–H groups in total. The maximum absolute atomic E-state index is 4.89. The minimum Gasteiger partial charge on any atom is -0.322 e. The number of hydrogen-bond acceptors (Lipinski definition) is 3. The van der Waals surface area contributed by atoms with Crippen molar-refractivity contribution < 1.29 is 0 Å². The molecule has 2 aromatic carbocycles. The number of piperazine rings is 1. The van der Waals surface area contributed by atoms with Crippen LogP contribution < -0.4 is 10.6 Å². The first-order valence-electron chi connectivity index (χ1n) is 7.85. The van der Waals surface area contributed by atoms with Crippen molar-refractivity contribution in [1.82, 2.24) is 20.2 Å². The van der Waals surface area contributed by atoms with Crippen LogP contribution in [0.4, 0.5) is 0 Å². The van der Waals surface area contributed by atoms with Gasteiger partial charge < -0.3 is 15.2 Å². The second-order valence-corrected chi connectivity index (χ2v) is 5.74. The fourth-order valence-corrected chi connectivity index (χ4v) is 3.13. The lowest BCUT2D eigenvalue weighted by Crippen LogP contribution is -2.43. The summed E-state index contributed by atoms with van der Waals surface area (Å²) < 4.78 is 2.34. The molecule has 0 aliphatic carbocycles. The Hall–Kier alpha value is -2.17. The number of hydrogen-bond donors (Lipinski definition) is 2. The number of fused-ring (bicyclic) bond motifs is 1. The summed E-state index contributed by atoms with van der Waals surface area (Å²) in [6, 6.07) is 19.2. The number of benzene rings is 2. The first kappa shape index (κ1) is 13.5. The number of para-hydroxylation sites is 2. The van der Waals surface area contributed by atoms with Gasteiger partial charge in [-0.05, 0) is 17.7 Å². The van der Waals surface area contributed by atoms with Gasteiger partial charge in [-0.15, -0.1) is 0 Å². The zero-order valence-corrected chi connectivity index (χ0v) is 12.5. The van der Waals surface area contributed by atoms with Gasteiger partial charge in [0.1, 0.15) is 5.82 Å². The van der Waals surface area contributed by atoms with E-state index in [1.54, 1.807) is 0 Å². The molecule has 1 unspecified atom stereocenters. The number of aromatic nitrogens is 2. The molecule has 3 aromatic rings. The summed E-state index contributed by atoms with van der Waals surface area (Å²) in [6.07, 6.45) is 0. The van der Waals surface area contributed by atoms with Crippen molar-refractivity contribution in [3.05, 3.63) is 66.0 Å². The zero-order valence-electron chi connectivity index (χ0n) is 12.5. The van der Waals surface area contributed by atoms with Crippen molar-refractivity contribution >= 4 is 11.0 Å². The van der Waals surface area contributed by atoms with Crippen LogP contribution in [0.2, 0.25) is 0 Å². The van der Waals surface area contributed by atoms with Gasteiger partial charge in [-0.2, -0.15) is 0 Å². The van der Waals surface area contributed by atoms with Crippen LogP contribution in [-0.4, -0.2) is 29.2 Å². The molecule has 1 saturated heterocycles. The monoisotopic (exact) mass is 292 g/mol. The van der Waals surface area contributed by atoms with Crippen LogP contribution in [0.3, 0.4) is 0 Å². The number of imidazole rings is 1. The number of rotatable bonds is 3. The van der Waals surface area contributed by atoms with Crippen LogP contribution >= 0.6 is 0 Å². The minimum atomic E-state index is 0.268. The molecule has 0 radical (unpaired) electrons. The van der Waals surface area contributed by atoms with Crippen LogP contribution in [0.5, 0.6) is 0 Å². The fraction of sp³-hybridized carbons (Fsp3) is 0.278. The van der Waals surface area contributed by atoms with Crippen molar-refractivity contribution in [2.24, 2.45) is 0 Å². The lowest BCUT2D eigenvalue weighted by molar-refractivity contribution is 0.406. The van der Waals surface area contributed by atoms with Gasteiger partial charge in [-0.1, -0.05) is 42.5 Å². The summed E-state index contributed by atoms with van der Waals surface area (Å²) >= 11 is 0. The van der Waals surface area contributed by atoms with Crippen molar-refractivity contribution in [3.8, 4) is 0 Å². The Morgan fingerprint density at radius 2 is 1.82 bits per heavy atom. The standard InChI is InChI=1S/C18H20N4/c1-2-6-14(7-3-1)13-22-17-9-5-4-8-15(17)21-18(22)16-12-19-10-11-20-16/h1-9,16,19-20H,10-13H2. The highest BCUT2D eigenvalue weighted by Crippen LogP contribution is 2.22. The van der Waals surface area contributed by atoms with Gasteiger partial charge >= 0.3 is 0 Å². The molecule has 4 heteroatoms. The predicted molar refractivity (Wildman–Crippen MR) is 88.9 cm³/mol. The summed E-state index contributed by atoms with van der Waals surface area (Å²) in [7, 11) is 0. The van der Waals surface area contributed by atoms with Crippen LogP contribution in [0.25, 0.3) is 11.0 Å². The first-order chi connectivity index (χ1) is 10.9.